The molecule has 0 saturated heterocycles. The van der Waals surface area contributed by atoms with Gasteiger partial charge < -0.3 is 19.3 Å². The molecule has 0 aromatic heterocycles. The molecule has 0 aliphatic carbocycles. The van der Waals surface area contributed by atoms with Crippen LogP contribution in [0.1, 0.15) is 129 Å². The first-order chi connectivity index (χ1) is 21.3. The number of carbonyl (C=O) groups excluding carboxylic acids is 2. The first-order valence-corrected chi connectivity index (χ1v) is 18.2. The van der Waals surface area contributed by atoms with E-state index < -0.39 is 32.5 Å². The number of phosphoric ester groups is 1. The van der Waals surface area contributed by atoms with E-state index in [4.69, 9.17) is 19.3 Å². The van der Waals surface area contributed by atoms with Crippen LogP contribution in [0.5, 0.6) is 0 Å². The van der Waals surface area contributed by atoms with E-state index in [1.54, 1.807) is 0 Å². The molecule has 9 heteroatoms. The van der Waals surface area contributed by atoms with Crippen LogP contribution >= 0.6 is 7.82 Å². The molecule has 0 aliphatic heterocycles. The van der Waals surface area contributed by atoms with Gasteiger partial charge in [-0.3, -0.25) is 14.1 Å². The highest BCUT2D eigenvalue weighted by Gasteiger charge is 2.22. The minimum absolute atomic E-state index is 0.193. The lowest BCUT2D eigenvalue weighted by atomic mass is 10.1. The number of allylic oxidation sites excluding steroid dienone is 10. The summed E-state index contributed by atoms with van der Waals surface area (Å²) in [7, 11) is -4.75. The number of unbranched alkanes of at least 4 members (excludes halogenated alkanes) is 12. The van der Waals surface area contributed by atoms with E-state index in [-0.39, 0.29) is 19.4 Å². The largest absolute Gasteiger partial charge is 0.469 e. The summed E-state index contributed by atoms with van der Waals surface area (Å²) in [5.41, 5.74) is 0. The van der Waals surface area contributed by atoms with Crippen LogP contribution in [0.25, 0.3) is 0 Å². The smallest absolute Gasteiger partial charge is 0.462 e. The average Bonchev–Trinajstić information content (AvgIpc) is 2.98. The molecule has 0 aromatic rings. The monoisotopic (exact) mass is 638 g/mol. The van der Waals surface area contributed by atoms with E-state index in [9.17, 15) is 14.2 Å². The molecule has 0 aliphatic rings. The molecule has 1 atom stereocenters. The van der Waals surface area contributed by atoms with Crippen LogP contribution in [-0.4, -0.2) is 41.0 Å². The Balaban J connectivity index is 4.09. The van der Waals surface area contributed by atoms with Gasteiger partial charge in [-0.15, -0.1) is 0 Å². The quantitative estimate of drug-likeness (QED) is 0.0273. The fourth-order valence-electron chi connectivity index (χ4n) is 4.13. The van der Waals surface area contributed by atoms with E-state index >= 15 is 0 Å². The maximum atomic E-state index is 12.3. The van der Waals surface area contributed by atoms with Crippen LogP contribution in [0.15, 0.2) is 60.8 Å². The lowest BCUT2D eigenvalue weighted by molar-refractivity contribution is -0.161. The zero-order valence-corrected chi connectivity index (χ0v) is 28.2. The molecule has 0 heterocycles. The number of hydrogen-bond acceptors (Lipinski definition) is 6. The standard InChI is InChI=1S/C35H59O8P/c1-3-5-7-9-11-13-15-16-17-18-20-21-23-25-27-29-34(36)41-31-33(32-42-44(38,39)40)43-35(37)30-28-26-24-22-19-14-12-10-8-6-4-2/h5,7,9-13,15-17,33H,3-4,6,8,14,18-32H2,1-2H3,(H2,38,39,40)/b7-5+,11-9+,12-10+,15-13+,17-16+/t33-/m1/s1. The lowest BCUT2D eigenvalue weighted by Crippen LogP contribution is -2.29. The van der Waals surface area contributed by atoms with Crippen LogP contribution in [0.2, 0.25) is 0 Å². The van der Waals surface area contributed by atoms with E-state index in [0.29, 0.717) is 12.8 Å². The molecule has 0 bridgehead atoms. The lowest BCUT2D eigenvalue weighted by Gasteiger charge is -2.18. The molecule has 0 rings (SSSR count). The first-order valence-electron chi connectivity index (χ1n) is 16.6. The number of carbonyl (C=O) groups is 2. The molecule has 2 N–H and O–H groups in total. The van der Waals surface area contributed by atoms with Crippen molar-refractivity contribution >= 4 is 19.8 Å². The topological polar surface area (TPSA) is 119 Å². The van der Waals surface area contributed by atoms with Gasteiger partial charge in [0, 0.05) is 12.8 Å². The van der Waals surface area contributed by atoms with Crippen molar-refractivity contribution in [2.45, 2.75) is 136 Å². The highest BCUT2D eigenvalue weighted by atomic mass is 31.2. The summed E-state index contributed by atoms with van der Waals surface area (Å²) in [6, 6.07) is 0. The molecule has 252 valence electrons. The van der Waals surface area contributed by atoms with Gasteiger partial charge in [-0.25, -0.2) is 4.57 Å². The third-order valence-corrected chi connectivity index (χ3v) is 7.10. The fraction of sp³-hybridized carbons (Fsp3) is 0.657. The Labute approximate surface area is 267 Å². The Morgan fingerprint density at radius 1 is 0.614 bits per heavy atom. The molecule has 44 heavy (non-hydrogen) atoms. The third kappa shape index (κ3) is 32.7. The molecule has 0 saturated carbocycles. The van der Waals surface area contributed by atoms with E-state index in [0.717, 1.165) is 77.0 Å². The first kappa shape index (κ1) is 41.8. The van der Waals surface area contributed by atoms with Gasteiger partial charge in [0.05, 0.1) is 6.61 Å². The highest BCUT2D eigenvalue weighted by molar-refractivity contribution is 7.46. The Kier molecular flexibility index (Phi) is 29.2. The molecule has 0 radical (unpaired) electrons. The van der Waals surface area contributed by atoms with Crippen molar-refractivity contribution in [1.82, 2.24) is 0 Å². The molecular formula is C35H59O8P. The number of hydrogen-bond donors (Lipinski definition) is 2. The third-order valence-electron chi connectivity index (χ3n) is 6.61. The van der Waals surface area contributed by atoms with Crippen molar-refractivity contribution in [3.05, 3.63) is 60.8 Å². The molecule has 0 spiro atoms. The van der Waals surface area contributed by atoms with Gasteiger partial charge in [0.2, 0.25) is 0 Å². The summed E-state index contributed by atoms with van der Waals surface area (Å²) < 4.78 is 26.2. The van der Waals surface area contributed by atoms with Gasteiger partial charge in [0.1, 0.15) is 6.61 Å². The summed E-state index contributed by atoms with van der Waals surface area (Å²) in [5, 5.41) is 0. The van der Waals surface area contributed by atoms with Crippen LogP contribution in [-0.2, 0) is 28.2 Å². The van der Waals surface area contributed by atoms with Crippen molar-refractivity contribution in [3.63, 3.8) is 0 Å². The Morgan fingerprint density at radius 2 is 1.11 bits per heavy atom. The highest BCUT2D eigenvalue weighted by Crippen LogP contribution is 2.35. The van der Waals surface area contributed by atoms with Gasteiger partial charge in [0.25, 0.3) is 0 Å². The second-order valence-electron chi connectivity index (χ2n) is 10.8. The van der Waals surface area contributed by atoms with Crippen LogP contribution in [0.4, 0.5) is 0 Å². The number of phosphoric acid groups is 1. The molecule has 0 aromatic carbocycles. The van der Waals surface area contributed by atoms with Gasteiger partial charge in [-0.1, -0.05) is 126 Å². The minimum atomic E-state index is -4.75. The molecule has 0 unspecified atom stereocenters. The van der Waals surface area contributed by atoms with Gasteiger partial charge >= 0.3 is 19.8 Å². The SMILES string of the molecule is CC/C=C/C=C/C=C/C=C/CCCCCCCC(=O)OC[C@H](COP(=O)(O)O)OC(=O)CCCCCCC/C=C/CCCC. The molecular weight excluding hydrogens is 579 g/mol. The number of ether oxygens (including phenoxy) is 2. The van der Waals surface area contributed by atoms with Crippen LogP contribution < -0.4 is 0 Å². The Hall–Kier alpha value is -2.25. The van der Waals surface area contributed by atoms with Crippen molar-refractivity contribution < 1.29 is 37.9 Å². The number of rotatable bonds is 29. The predicted molar refractivity (Wildman–Crippen MR) is 179 cm³/mol. The average molecular weight is 639 g/mol. The van der Waals surface area contributed by atoms with Gasteiger partial charge in [-0.2, -0.15) is 0 Å². The zero-order valence-electron chi connectivity index (χ0n) is 27.3. The van der Waals surface area contributed by atoms with E-state index in [2.05, 4.69) is 48.8 Å². The Morgan fingerprint density at radius 3 is 1.70 bits per heavy atom. The van der Waals surface area contributed by atoms with Crippen molar-refractivity contribution in [2.24, 2.45) is 0 Å². The van der Waals surface area contributed by atoms with Crippen LogP contribution in [0.3, 0.4) is 0 Å². The van der Waals surface area contributed by atoms with Gasteiger partial charge in [0.15, 0.2) is 6.10 Å². The maximum absolute atomic E-state index is 12.3. The minimum Gasteiger partial charge on any atom is -0.462 e. The zero-order chi connectivity index (χ0) is 32.6. The molecule has 0 fully saturated rings. The maximum Gasteiger partial charge on any atom is 0.469 e. The van der Waals surface area contributed by atoms with E-state index in [1.165, 1.54) is 12.8 Å². The van der Waals surface area contributed by atoms with E-state index in [1.807, 2.05) is 30.4 Å². The molecule has 8 nitrogen and oxygen atoms in total. The van der Waals surface area contributed by atoms with Crippen molar-refractivity contribution in [1.29, 1.82) is 0 Å². The van der Waals surface area contributed by atoms with Crippen molar-refractivity contribution in [2.75, 3.05) is 13.2 Å². The molecule has 0 amide bonds. The summed E-state index contributed by atoms with van der Waals surface area (Å²) in [6.45, 7) is 3.44. The summed E-state index contributed by atoms with van der Waals surface area (Å²) in [4.78, 5) is 42.5. The fourth-order valence-corrected chi connectivity index (χ4v) is 4.49. The van der Waals surface area contributed by atoms with Crippen molar-refractivity contribution in [3.8, 4) is 0 Å². The van der Waals surface area contributed by atoms with Crippen LogP contribution in [0, 0.1) is 0 Å². The summed E-state index contributed by atoms with van der Waals surface area (Å²) in [6.07, 6.45) is 36.6. The Bertz CT molecular complexity index is 900. The predicted octanol–water partition coefficient (Wildman–Crippen LogP) is 9.39. The normalized spacial score (nSPS) is 13.3. The summed E-state index contributed by atoms with van der Waals surface area (Å²) >= 11 is 0. The van der Waals surface area contributed by atoms with Gasteiger partial charge in [-0.05, 0) is 51.4 Å². The second-order valence-corrected chi connectivity index (χ2v) is 12.1. The summed E-state index contributed by atoms with van der Waals surface area (Å²) in [5.74, 6) is -0.932. The second kappa shape index (κ2) is 30.8. The number of esters is 2.